The van der Waals surface area contributed by atoms with Gasteiger partial charge in [0.05, 0.1) is 11.8 Å². The quantitative estimate of drug-likeness (QED) is 0.454. The van der Waals surface area contributed by atoms with Crippen molar-refractivity contribution in [2.24, 2.45) is 22.7 Å². The van der Waals surface area contributed by atoms with Crippen LogP contribution in [0.1, 0.15) is 39.5 Å². The SMILES string of the molecule is CN(C)C(=O)OCC(=O)[C@@]1(ON(C)c2ccc(Cl)cc2)CCC2[C@@H]3C[C@H](F)C4=CC(=O)C=C[C@]4(C)[C@@]3(F)[C@@H](O)C[C@@]21C. The van der Waals surface area contributed by atoms with E-state index in [1.165, 1.54) is 43.1 Å². The number of amides is 1. The number of halogens is 3. The van der Waals surface area contributed by atoms with E-state index in [0.717, 1.165) is 6.08 Å². The van der Waals surface area contributed by atoms with E-state index in [0.29, 0.717) is 17.1 Å². The zero-order chi connectivity index (χ0) is 30.8. The van der Waals surface area contributed by atoms with Crippen LogP contribution in [0.2, 0.25) is 5.02 Å². The van der Waals surface area contributed by atoms with Gasteiger partial charge in [-0.3, -0.25) is 19.5 Å². The average Bonchev–Trinajstić information content (AvgIpc) is 3.22. The van der Waals surface area contributed by atoms with Crippen molar-refractivity contribution in [3.8, 4) is 0 Å². The van der Waals surface area contributed by atoms with E-state index in [9.17, 15) is 19.5 Å². The van der Waals surface area contributed by atoms with Crippen LogP contribution in [0.3, 0.4) is 0 Å². The first kappa shape index (κ1) is 30.6. The molecule has 0 bridgehead atoms. The number of Topliss-reactive ketones (excluding diaryl/α,β-unsaturated/α-hetero) is 1. The number of hydrogen-bond acceptors (Lipinski definition) is 7. The van der Waals surface area contributed by atoms with E-state index in [1.54, 1.807) is 38.2 Å². The van der Waals surface area contributed by atoms with Crippen molar-refractivity contribution >= 4 is 34.9 Å². The molecule has 3 fully saturated rings. The molecule has 1 N–H and O–H groups in total. The molecular weight excluding hydrogens is 570 g/mol. The average molecular weight is 607 g/mol. The van der Waals surface area contributed by atoms with Gasteiger partial charge in [0.25, 0.3) is 0 Å². The molecule has 8 atom stereocenters. The minimum absolute atomic E-state index is 0.0334. The molecule has 1 aromatic carbocycles. The van der Waals surface area contributed by atoms with Crippen LogP contribution in [-0.2, 0) is 19.2 Å². The molecule has 11 heteroatoms. The molecule has 0 radical (unpaired) electrons. The predicted octanol–water partition coefficient (Wildman–Crippen LogP) is 5.03. The normalized spacial score (nSPS) is 38.6. The van der Waals surface area contributed by atoms with Crippen LogP contribution < -0.4 is 5.06 Å². The zero-order valence-corrected chi connectivity index (χ0v) is 25.2. The molecule has 42 heavy (non-hydrogen) atoms. The number of ether oxygens (including phenoxy) is 1. The van der Waals surface area contributed by atoms with Gasteiger partial charge in [0.15, 0.2) is 23.7 Å². The van der Waals surface area contributed by atoms with Gasteiger partial charge >= 0.3 is 6.09 Å². The molecule has 0 saturated heterocycles. The Hall–Kier alpha value is -2.82. The molecule has 0 aromatic heterocycles. The summed E-state index contributed by atoms with van der Waals surface area (Å²) in [5, 5.41) is 13.6. The summed E-state index contributed by atoms with van der Waals surface area (Å²) in [6, 6.07) is 6.76. The summed E-state index contributed by atoms with van der Waals surface area (Å²) in [6.45, 7) is 2.71. The maximum absolute atomic E-state index is 17.6. The highest BCUT2D eigenvalue weighted by Crippen LogP contribution is 2.70. The Bertz CT molecular complexity index is 1350. The van der Waals surface area contributed by atoms with Gasteiger partial charge in [-0.05, 0) is 80.5 Å². The maximum Gasteiger partial charge on any atom is 0.409 e. The van der Waals surface area contributed by atoms with Crippen LogP contribution in [0.4, 0.5) is 19.3 Å². The third kappa shape index (κ3) is 4.32. The number of hydrogen-bond donors (Lipinski definition) is 1. The summed E-state index contributed by atoms with van der Waals surface area (Å²) in [4.78, 5) is 46.2. The second-order valence-electron chi connectivity index (χ2n) is 12.7. The number of anilines is 1. The fourth-order valence-corrected chi connectivity index (χ4v) is 8.29. The highest BCUT2D eigenvalue weighted by Gasteiger charge is 2.76. The minimum Gasteiger partial charge on any atom is -0.441 e. The number of carbonyl (C=O) groups excluding carboxylic acids is 3. The number of rotatable bonds is 6. The van der Waals surface area contributed by atoms with E-state index in [1.807, 2.05) is 0 Å². The molecular formula is C31H37ClF2N2O6. The lowest BCUT2D eigenvalue weighted by Gasteiger charge is -2.63. The van der Waals surface area contributed by atoms with Gasteiger partial charge in [0, 0.05) is 42.9 Å². The number of allylic oxidation sites excluding steroid dienone is 4. The topological polar surface area (TPSA) is 96.4 Å². The summed E-state index contributed by atoms with van der Waals surface area (Å²) in [6.07, 6.45) is -0.139. The lowest BCUT2D eigenvalue weighted by Crippen LogP contribution is -2.71. The number of ketones is 2. The first-order chi connectivity index (χ1) is 19.6. The number of fused-ring (bicyclic) bond motifs is 5. The van der Waals surface area contributed by atoms with Gasteiger partial charge in [-0.2, -0.15) is 0 Å². The van der Waals surface area contributed by atoms with Gasteiger partial charge in [-0.1, -0.05) is 24.6 Å². The summed E-state index contributed by atoms with van der Waals surface area (Å²) >= 11 is 6.06. The molecule has 1 aromatic rings. The Labute approximate surface area is 249 Å². The number of carbonyl (C=O) groups is 3. The first-order valence-electron chi connectivity index (χ1n) is 14.1. The molecule has 8 nitrogen and oxygen atoms in total. The largest absolute Gasteiger partial charge is 0.441 e. The third-order valence-corrected chi connectivity index (χ3v) is 10.6. The molecule has 1 amide bonds. The summed E-state index contributed by atoms with van der Waals surface area (Å²) in [7, 11) is 4.61. The molecule has 5 rings (SSSR count). The summed E-state index contributed by atoms with van der Waals surface area (Å²) in [5.74, 6) is -2.51. The highest BCUT2D eigenvalue weighted by molar-refractivity contribution is 6.30. The van der Waals surface area contributed by atoms with Gasteiger partial charge < -0.3 is 14.7 Å². The number of benzene rings is 1. The molecule has 0 heterocycles. The zero-order valence-electron chi connectivity index (χ0n) is 24.4. The maximum atomic E-state index is 17.6. The van der Waals surface area contributed by atoms with Crippen LogP contribution >= 0.6 is 11.6 Å². The monoisotopic (exact) mass is 606 g/mol. The van der Waals surface area contributed by atoms with E-state index in [4.69, 9.17) is 21.2 Å². The van der Waals surface area contributed by atoms with Crippen LogP contribution in [0.25, 0.3) is 0 Å². The number of nitrogens with zero attached hydrogens (tertiary/aromatic N) is 2. The van der Waals surface area contributed by atoms with E-state index in [2.05, 4.69) is 0 Å². The van der Waals surface area contributed by atoms with Crippen molar-refractivity contribution < 1.29 is 37.8 Å². The molecule has 0 aliphatic heterocycles. The van der Waals surface area contributed by atoms with E-state index in [-0.39, 0.29) is 24.8 Å². The van der Waals surface area contributed by atoms with Crippen molar-refractivity contribution in [2.45, 2.75) is 63.1 Å². The number of aliphatic hydroxyl groups is 1. The van der Waals surface area contributed by atoms with Crippen LogP contribution in [0, 0.1) is 22.7 Å². The molecule has 4 aliphatic carbocycles. The van der Waals surface area contributed by atoms with Crippen molar-refractivity contribution in [3.63, 3.8) is 0 Å². The lowest BCUT2D eigenvalue weighted by atomic mass is 9.44. The standard InChI is InChI=1S/C31H37ClF2N2O6/c1-28-12-10-20(37)14-23(28)24(33)15-22-21-11-13-30(26(39)17-41-27(40)35(3)4,29(21,2)16-25(38)31(22,28)34)42-36(5)19-8-6-18(32)7-9-19/h6-10,12,14,21-22,24-25,38H,11,13,15-17H2,1-5H3/t21?,22-,24-,25-,28-,29-,30-,31-/m0/s1. The fraction of sp³-hybridized carbons (Fsp3) is 0.581. The van der Waals surface area contributed by atoms with Crippen molar-refractivity contribution in [3.05, 3.63) is 53.1 Å². The minimum atomic E-state index is -2.29. The van der Waals surface area contributed by atoms with E-state index < -0.39 is 70.5 Å². The van der Waals surface area contributed by atoms with E-state index >= 15 is 8.78 Å². The first-order valence-corrected chi connectivity index (χ1v) is 14.5. The molecule has 3 saturated carbocycles. The van der Waals surface area contributed by atoms with Gasteiger partial charge in [0.1, 0.15) is 6.17 Å². The predicted molar refractivity (Wildman–Crippen MR) is 152 cm³/mol. The van der Waals surface area contributed by atoms with Crippen LogP contribution in [0.5, 0.6) is 0 Å². The summed E-state index contributed by atoms with van der Waals surface area (Å²) in [5.41, 5.74) is -6.02. The number of hydroxylamine groups is 1. The molecule has 1 unspecified atom stereocenters. The Kier molecular flexibility index (Phi) is 7.60. The van der Waals surface area contributed by atoms with Gasteiger partial charge in [-0.15, -0.1) is 0 Å². The summed E-state index contributed by atoms with van der Waals surface area (Å²) < 4.78 is 38.6. The molecule has 228 valence electrons. The fourth-order valence-electron chi connectivity index (χ4n) is 8.16. The van der Waals surface area contributed by atoms with Crippen molar-refractivity contribution in [1.82, 2.24) is 4.90 Å². The third-order valence-electron chi connectivity index (χ3n) is 10.4. The second kappa shape index (κ2) is 10.4. The second-order valence-corrected chi connectivity index (χ2v) is 13.1. The van der Waals surface area contributed by atoms with Crippen molar-refractivity contribution in [1.29, 1.82) is 0 Å². The Morgan fingerprint density at radius 3 is 2.45 bits per heavy atom. The Morgan fingerprint density at radius 1 is 1.14 bits per heavy atom. The molecule has 4 aliphatic rings. The number of alkyl halides is 2. The Balaban J connectivity index is 1.57. The smallest absolute Gasteiger partial charge is 0.409 e. The van der Waals surface area contributed by atoms with Gasteiger partial charge in [0.2, 0.25) is 5.78 Å². The molecule has 0 spiro atoms. The highest BCUT2D eigenvalue weighted by atomic mass is 35.5. The Morgan fingerprint density at radius 2 is 1.81 bits per heavy atom. The van der Waals surface area contributed by atoms with Crippen LogP contribution in [0.15, 0.2) is 48.1 Å². The number of aliphatic hydroxyl groups excluding tert-OH is 1. The van der Waals surface area contributed by atoms with Gasteiger partial charge in [-0.25, -0.2) is 13.6 Å². The lowest BCUT2D eigenvalue weighted by molar-refractivity contribution is -0.231. The van der Waals surface area contributed by atoms with Crippen LogP contribution in [-0.4, -0.2) is 79.0 Å². The van der Waals surface area contributed by atoms with Crippen molar-refractivity contribution in [2.75, 3.05) is 32.8 Å².